The summed E-state index contributed by atoms with van der Waals surface area (Å²) in [5.74, 6) is -0.390. The Bertz CT molecular complexity index is 1800. The van der Waals surface area contributed by atoms with Crippen LogP contribution >= 0.6 is 0 Å². The third kappa shape index (κ3) is 6.09. The zero-order valence-corrected chi connectivity index (χ0v) is 28.1. The van der Waals surface area contributed by atoms with Crippen LogP contribution in [-0.4, -0.2) is 36.1 Å². The van der Waals surface area contributed by atoms with E-state index in [1.165, 1.54) is 22.5 Å². The molecule has 0 aliphatic carbocycles. The zero-order valence-electron chi connectivity index (χ0n) is 27.1. The third-order valence-corrected chi connectivity index (χ3v) is 14.0. The van der Waals surface area contributed by atoms with Crippen molar-refractivity contribution in [1.29, 1.82) is 0 Å². The lowest BCUT2D eigenvalue weighted by molar-refractivity contribution is -0.155. The highest BCUT2D eigenvalue weighted by molar-refractivity contribution is 6.99. The second-order valence-corrected chi connectivity index (χ2v) is 17.7. The Hall–Kier alpha value is -4.33. The fourth-order valence-corrected chi connectivity index (χ4v) is 11.5. The molecule has 46 heavy (non-hydrogen) atoms. The smallest absolute Gasteiger partial charge is 0.308 e. The monoisotopic (exact) mass is 632 g/mol. The number of ether oxygens (including phenoxy) is 1. The van der Waals surface area contributed by atoms with E-state index in [-0.39, 0.29) is 35.3 Å². The summed E-state index contributed by atoms with van der Waals surface area (Å²) >= 11 is 0. The number of rotatable bonds is 8. The number of esters is 1. The Balaban J connectivity index is 1.39. The molecule has 1 aliphatic rings. The van der Waals surface area contributed by atoms with Crippen LogP contribution in [0.2, 0.25) is 5.04 Å². The molecule has 1 aliphatic heterocycles. The predicted molar refractivity (Wildman–Crippen MR) is 185 cm³/mol. The highest BCUT2D eigenvalue weighted by atomic mass is 28.4. The van der Waals surface area contributed by atoms with Gasteiger partial charge in [0.25, 0.3) is 8.32 Å². The minimum atomic E-state index is -2.86. The van der Waals surface area contributed by atoms with Gasteiger partial charge in [-0.3, -0.25) is 4.79 Å². The lowest BCUT2D eigenvalue weighted by atomic mass is 9.92. The van der Waals surface area contributed by atoms with Gasteiger partial charge in [-0.25, -0.2) is 8.91 Å². The topological polar surface area (TPSA) is 52.8 Å². The maximum absolute atomic E-state index is 13.9. The maximum Gasteiger partial charge on any atom is 0.308 e. The number of carbonyl (C=O) groups excluding carboxylic acids is 1. The van der Waals surface area contributed by atoms with Crippen LogP contribution in [0.5, 0.6) is 0 Å². The SMILES string of the molecule is CC(C)c1c(/C=C/C2CC(O[Si](c3ccccc3)(c3ccccc3)C(C)(C)C)CC(=O)O2)c(-c2ccc(F)cc2)nn2cccc12. The van der Waals surface area contributed by atoms with E-state index in [0.717, 1.165) is 27.9 Å². The van der Waals surface area contributed by atoms with Gasteiger partial charge in [0.2, 0.25) is 0 Å². The number of aromatic nitrogens is 2. The normalized spacial score (nSPS) is 17.6. The summed E-state index contributed by atoms with van der Waals surface area (Å²) in [7, 11) is -2.86. The molecule has 7 heteroatoms. The Morgan fingerprint density at radius 2 is 1.57 bits per heavy atom. The van der Waals surface area contributed by atoms with Gasteiger partial charge in [0, 0.05) is 23.7 Å². The molecule has 3 heterocycles. The summed E-state index contributed by atoms with van der Waals surface area (Å²) in [6, 6.07) is 31.4. The summed E-state index contributed by atoms with van der Waals surface area (Å²) in [5, 5.41) is 7.07. The summed E-state index contributed by atoms with van der Waals surface area (Å²) in [5.41, 5.74) is 4.61. The maximum atomic E-state index is 13.9. The summed E-state index contributed by atoms with van der Waals surface area (Å²) in [4.78, 5) is 13.2. The molecule has 0 N–H and O–H groups in total. The minimum absolute atomic E-state index is 0.180. The molecule has 2 unspecified atom stereocenters. The van der Waals surface area contributed by atoms with Crippen molar-refractivity contribution in [3.05, 3.63) is 126 Å². The molecule has 236 valence electrons. The van der Waals surface area contributed by atoms with Gasteiger partial charge in [-0.1, -0.05) is 101 Å². The van der Waals surface area contributed by atoms with Crippen LogP contribution in [0.3, 0.4) is 0 Å². The summed E-state index contributed by atoms with van der Waals surface area (Å²) in [6.07, 6.45) is 5.85. The Kier molecular flexibility index (Phi) is 8.81. The van der Waals surface area contributed by atoms with E-state index in [0.29, 0.717) is 6.42 Å². The van der Waals surface area contributed by atoms with Crippen LogP contribution < -0.4 is 10.4 Å². The van der Waals surface area contributed by atoms with Crippen molar-refractivity contribution in [2.45, 2.75) is 70.6 Å². The second-order valence-electron chi connectivity index (χ2n) is 13.4. The van der Waals surface area contributed by atoms with Crippen molar-refractivity contribution in [3.8, 4) is 11.3 Å². The molecule has 1 saturated heterocycles. The van der Waals surface area contributed by atoms with Crippen molar-refractivity contribution >= 4 is 36.3 Å². The van der Waals surface area contributed by atoms with Crippen LogP contribution in [-0.2, 0) is 14.0 Å². The standard InChI is InChI=1S/C39H41FN2O3Si/c1-27(2)37-34(38(28-18-20-29(40)21-19-28)41-42-24-12-17-35(37)42)23-22-30-25-31(26-36(43)44-30)45-46(39(3,4)5,32-13-8-6-9-14-32)33-15-10-7-11-16-33/h6-24,27,30-31H,25-26H2,1-5H3/b23-22+. The minimum Gasteiger partial charge on any atom is -0.458 e. The third-order valence-electron chi connectivity index (χ3n) is 8.86. The van der Waals surface area contributed by atoms with Crippen LogP contribution in [0.1, 0.15) is 64.5 Å². The van der Waals surface area contributed by atoms with Gasteiger partial charge in [0.05, 0.1) is 23.7 Å². The average molecular weight is 633 g/mol. The van der Waals surface area contributed by atoms with E-state index in [2.05, 4.69) is 89.2 Å². The molecule has 1 fully saturated rings. The number of hydrogen-bond acceptors (Lipinski definition) is 4. The van der Waals surface area contributed by atoms with Crippen molar-refractivity contribution < 1.29 is 18.3 Å². The van der Waals surface area contributed by atoms with E-state index < -0.39 is 14.4 Å². The van der Waals surface area contributed by atoms with Crippen molar-refractivity contribution in [1.82, 2.24) is 9.61 Å². The first-order chi connectivity index (χ1) is 22.1. The van der Waals surface area contributed by atoms with Crippen molar-refractivity contribution in [2.24, 2.45) is 0 Å². The van der Waals surface area contributed by atoms with Gasteiger partial charge >= 0.3 is 5.97 Å². The predicted octanol–water partition coefficient (Wildman–Crippen LogP) is 7.93. The number of fused-ring (bicyclic) bond motifs is 1. The number of nitrogens with zero attached hydrogens (tertiary/aromatic N) is 2. The lowest BCUT2D eigenvalue weighted by Gasteiger charge is -2.46. The van der Waals surface area contributed by atoms with Crippen LogP contribution in [0, 0.1) is 5.82 Å². The van der Waals surface area contributed by atoms with Crippen LogP contribution in [0.15, 0.2) is 109 Å². The van der Waals surface area contributed by atoms with Crippen molar-refractivity contribution in [2.75, 3.05) is 0 Å². The zero-order chi connectivity index (χ0) is 32.5. The molecular weight excluding hydrogens is 592 g/mol. The van der Waals surface area contributed by atoms with E-state index >= 15 is 0 Å². The molecule has 0 bridgehead atoms. The molecule has 5 nitrogen and oxygen atoms in total. The van der Waals surface area contributed by atoms with Gasteiger partial charge in [-0.15, -0.1) is 0 Å². The first kappa shape index (κ1) is 31.6. The largest absolute Gasteiger partial charge is 0.458 e. The fourth-order valence-electron chi connectivity index (χ4n) is 6.84. The summed E-state index contributed by atoms with van der Waals surface area (Å²) in [6.45, 7) is 11.0. The number of benzene rings is 3. The lowest BCUT2D eigenvalue weighted by Crippen LogP contribution is -2.68. The van der Waals surface area contributed by atoms with Gasteiger partial charge in [-0.2, -0.15) is 5.10 Å². The molecular formula is C39H41FN2O3Si. The van der Waals surface area contributed by atoms with Crippen LogP contribution in [0.25, 0.3) is 22.9 Å². The number of halogens is 1. The Labute approximate surface area is 271 Å². The van der Waals surface area contributed by atoms with E-state index in [4.69, 9.17) is 14.3 Å². The molecule has 2 aromatic heterocycles. The molecule has 0 radical (unpaired) electrons. The number of hydrogen-bond donors (Lipinski definition) is 0. The molecule has 3 aromatic carbocycles. The molecule has 0 amide bonds. The Morgan fingerprint density at radius 3 is 2.15 bits per heavy atom. The highest BCUT2D eigenvalue weighted by Crippen LogP contribution is 2.39. The molecule has 2 atom stereocenters. The molecule has 0 spiro atoms. The Morgan fingerprint density at radius 1 is 0.935 bits per heavy atom. The summed E-state index contributed by atoms with van der Waals surface area (Å²) < 4.78 is 29.0. The van der Waals surface area contributed by atoms with E-state index in [1.54, 1.807) is 12.1 Å². The van der Waals surface area contributed by atoms with Crippen molar-refractivity contribution in [3.63, 3.8) is 0 Å². The number of carbonyl (C=O) groups is 1. The fraction of sp³-hybridized carbons (Fsp3) is 0.282. The van der Waals surface area contributed by atoms with Crippen LogP contribution in [0.4, 0.5) is 4.39 Å². The number of cyclic esters (lactones) is 1. The van der Waals surface area contributed by atoms with Gasteiger partial charge in [0.15, 0.2) is 0 Å². The second kappa shape index (κ2) is 12.8. The first-order valence-corrected chi connectivity index (χ1v) is 17.9. The highest BCUT2D eigenvalue weighted by Gasteiger charge is 2.52. The first-order valence-electron chi connectivity index (χ1n) is 16.0. The quantitative estimate of drug-likeness (QED) is 0.129. The van der Waals surface area contributed by atoms with Gasteiger partial charge in [0.1, 0.15) is 11.9 Å². The molecule has 5 aromatic rings. The van der Waals surface area contributed by atoms with Gasteiger partial charge < -0.3 is 9.16 Å². The van der Waals surface area contributed by atoms with E-state index in [9.17, 15) is 9.18 Å². The van der Waals surface area contributed by atoms with Gasteiger partial charge in [-0.05, 0) is 69.4 Å². The molecule has 6 rings (SSSR count). The molecule has 0 saturated carbocycles. The van der Waals surface area contributed by atoms with E-state index in [1.807, 2.05) is 41.1 Å². The average Bonchev–Trinajstić information content (AvgIpc) is 3.50.